The van der Waals surface area contributed by atoms with E-state index in [-0.39, 0.29) is 17.7 Å². The maximum atomic E-state index is 12.9. The lowest BCUT2D eigenvalue weighted by Crippen LogP contribution is -2.26. The molecule has 1 aliphatic rings. The quantitative estimate of drug-likeness (QED) is 0.658. The Balaban J connectivity index is 1.74. The molecule has 6 nitrogen and oxygen atoms in total. The van der Waals surface area contributed by atoms with Gasteiger partial charge in [-0.05, 0) is 35.7 Å². The predicted octanol–water partition coefficient (Wildman–Crippen LogP) is 4.35. The largest absolute Gasteiger partial charge is 0.497 e. The number of furan rings is 1. The van der Waals surface area contributed by atoms with Crippen LogP contribution in [0, 0.1) is 0 Å². The van der Waals surface area contributed by atoms with Crippen LogP contribution in [0.1, 0.15) is 33.5 Å². The molecule has 0 saturated heterocycles. The van der Waals surface area contributed by atoms with Gasteiger partial charge in [-0.1, -0.05) is 6.07 Å². The van der Waals surface area contributed by atoms with Gasteiger partial charge in [-0.15, -0.1) is 11.3 Å². The smallest absolute Gasteiger partial charge is 0.310 e. The molecule has 1 aromatic carbocycles. The van der Waals surface area contributed by atoms with E-state index < -0.39 is 0 Å². The van der Waals surface area contributed by atoms with Gasteiger partial charge in [0.05, 0.1) is 32.2 Å². The van der Waals surface area contributed by atoms with Crippen molar-refractivity contribution in [3.8, 4) is 11.5 Å². The molecule has 0 aliphatic carbocycles. The van der Waals surface area contributed by atoms with Crippen molar-refractivity contribution in [1.29, 1.82) is 0 Å². The topological polar surface area (TPSA) is 64.3 Å². The summed E-state index contributed by atoms with van der Waals surface area (Å²) in [6.07, 6.45) is 2.08. The summed E-state index contributed by atoms with van der Waals surface area (Å²) < 4.78 is 16.1. The molecule has 2 aromatic heterocycles. The highest BCUT2D eigenvalue weighted by Crippen LogP contribution is 2.38. The fourth-order valence-electron chi connectivity index (χ4n) is 3.11. The molecule has 0 spiro atoms. The SMILES string of the molecule is COc1ccc(C2=NN(C(=O)c3ccco3)[C@@H](c3cccs3)C2)c(OC)c1. The first-order valence-corrected chi connectivity index (χ1v) is 9.29. The van der Waals surface area contributed by atoms with Gasteiger partial charge >= 0.3 is 5.91 Å². The molecule has 138 valence electrons. The first kappa shape index (κ1) is 17.4. The number of carbonyl (C=O) groups is 1. The molecule has 0 saturated carbocycles. The lowest BCUT2D eigenvalue weighted by Gasteiger charge is -2.19. The van der Waals surface area contributed by atoms with Crippen molar-refractivity contribution in [2.45, 2.75) is 12.5 Å². The van der Waals surface area contributed by atoms with Gasteiger partial charge in [0.15, 0.2) is 5.76 Å². The van der Waals surface area contributed by atoms with Crippen LogP contribution >= 0.6 is 11.3 Å². The fourth-order valence-corrected chi connectivity index (χ4v) is 3.92. The first-order chi connectivity index (χ1) is 13.2. The van der Waals surface area contributed by atoms with Crippen molar-refractivity contribution in [1.82, 2.24) is 5.01 Å². The molecule has 4 rings (SSSR count). The van der Waals surface area contributed by atoms with Crippen LogP contribution in [0.25, 0.3) is 0 Å². The molecule has 7 heteroatoms. The molecule has 1 amide bonds. The second-order valence-electron chi connectivity index (χ2n) is 5.98. The summed E-state index contributed by atoms with van der Waals surface area (Å²) in [6.45, 7) is 0. The summed E-state index contributed by atoms with van der Waals surface area (Å²) in [5, 5.41) is 8.14. The number of carbonyl (C=O) groups excluding carboxylic acids is 1. The summed E-state index contributed by atoms with van der Waals surface area (Å²) >= 11 is 1.60. The third kappa shape index (κ3) is 3.21. The van der Waals surface area contributed by atoms with E-state index in [1.807, 2.05) is 35.7 Å². The highest BCUT2D eigenvalue weighted by atomic mass is 32.1. The van der Waals surface area contributed by atoms with E-state index in [2.05, 4.69) is 5.10 Å². The maximum Gasteiger partial charge on any atom is 0.310 e. The lowest BCUT2D eigenvalue weighted by molar-refractivity contribution is 0.0681. The van der Waals surface area contributed by atoms with Crippen molar-refractivity contribution in [3.63, 3.8) is 0 Å². The van der Waals surface area contributed by atoms with E-state index in [0.29, 0.717) is 17.9 Å². The third-order valence-electron chi connectivity index (χ3n) is 4.44. The van der Waals surface area contributed by atoms with Gasteiger partial charge in [0.25, 0.3) is 0 Å². The number of benzene rings is 1. The van der Waals surface area contributed by atoms with Crippen LogP contribution in [0.4, 0.5) is 0 Å². The molecular formula is C20H18N2O4S. The van der Waals surface area contributed by atoms with Crippen LogP contribution in [0.5, 0.6) is 11.5 Å². The minimum Gasteiger partial charge on any atom is -0.497 e. The van der Waals surface area contributed by atoms with Crippen molar-refractivity contribution in [2.24, 2.45) is 5.10 Å². The number of nitrogens with zero attached hydrogens (tertiary/aromatic N) is 2. The van der Waals surface area contributed by atoms with Gasteiger partial charge in [-0.3, -0.25) is 4.79 Å². The molecule has 3 aromatic rings. The van der Waals surface area contributed by atoms with Crippen molar-refractivity contribution >= 4 is 23.0 Å². The minimum atomic E-state index is -0.263. The van der Waals surface area contributed by atoms with Gasteiger partial charge in [-0.25, -0.2) is 5.01 Å². The average Bonchev–Trinajstić information content (AvgIpc) is 3.47. The third-order valence-corrected chi connectivity index (χ3v) is 5.42. The van der Waals surface area contributed by atoms with Crippen LogP contribution in [0.2, 0.25) is 0 Å². The number of amides is 1. The highest BCUT2D eigenvalue weighted by Gasteiger charge is 2.36. The first-order valence-electron chi connectivity index (χ1n) is 8.41. The Kier molecular flexibility index (Phi) is 4.68. The van der Waals surface area contributed by atoms with Crippen molar-refractivity contribution in [2.75, 3.05) is 14.2 Å². The Labute approximate surface area is 160 Å². The monoisotopic (exact) mass is 382 g/mol. The summed E-state index contributed by atoms with van der Waals surface area (Å²) in [7, 11) is 3.22. The Morgan fingerprint density at radius 2 is 2.11 bits per heavy atom. The average molecular weight is 382 g/mol. The van der Waals surface area contributed by atoms with Crippen LogP contribution in [0.3, 0.4) is 0 Å². The summed E-state index contributed by atoms with van der Waals surface area (Å²) in [4.78, 5) is 14.0. The zero-order valence-corrected chi connectivity index (χ0v) is 15.7. The van der Waals surface area contributed by atoms with E-state index in [9.17, 15) is 4.79 Å². The normalized spacial score (nSPS) is 16.3. The van der Waals surface area contributed by atoms with Crippen molar-refractivity contribution in [3.05, 3.63) is 70.3 Å². The van der Waals surface area contributed by atoms with E-state index in [1.165, 1.54) is 11.3 Å². The Bertz CT molecular complexity index is 964. The van der Waals surface area contributed by atoms with Gasteiger partial charge in [0.1, 0.15) is 11.5 Å². The molecular weight excluding hydrogens is 364 g/mol. The maximum absolute atomic E-state index is 12.9. The zero-order chi connectivity index (χ0) is 18.8. The van der Waals surface area contributed by atoms with Gasteiger partial charge in [0.2, 0.25) is 0 Å². The van der Waals surface area contributed by atoms with Crippen LogP contribution in [-0.2, 0) is 0 Å². The number of ether oxygens (including phenoxy) is 2. The predicted molar refractivity (Wildman–Crippen MR) is 103 cm³/mol. The van der Waals surface area contributed by atoms with Gasteiger partial charge < -0.3 is 13.9 Å². The lowest BCUT2D eigenvalue weighted by atomic mass is 10.0. The molecule has 0 radical (unpaired) electrons. The summed E-state index contributed by atoms with van der Waals surface area (Å²) in [5.41, 5.74) is 1.63. The number of thiophene rings is 1. The van der Waals surface area contributed by atoms with Crippen LogP contribution in [0.15, 0.2) is 63.6 Å². The molecule has 0 unspecified atom stereocenters. The summed E-state index contributed by atoms with van der Waals surface area (Å²) in [5.74, 6) is 1.36. The second kappa shape index (κ2) is 7.28. The molecule has 0 N–H and O–H groups in total. The number of hydrogen-bond donors (Lipinski definition) is 0. The molecule has 0 fully saturated rings. The number of hydrazone groups is 1. The van der Waals surface area contributed by atoms with E-state index in [4.69, 9.17) is 13.9 Å². The molecule has 27 heavy (non-hydrogen) atoms. The number of hydrogen-bond acceptors (Lipinski definition) is 6. The van der Waals surface area contributed by atoms with Crippen LogP contribution < -0.4 is 9.47 Å². The molecule has 3 heterocycles. The van der Waals surface area contributed by atoms with E-state index >= 15 is 0 Å². The number of rotatable bonds is 5. The molecule has 1 aliphatic heterocycles. The summed E-state index contributed by atoms with van der Waals surface area (Å²) in [6, 6.07) is 12.7. The molecule has 1 atom stereocenters. The second-order valence-corrected chi connectivity index (χ2v) is 6.95. The fraction of sp³-hybridized carbons (Fsp3) is 0.200. The highest BCUT2D eigenvalue weighted by molar-refractivity contribution is 7.10. The minimum absolute atomic E-state index is 0.176. The Morgan fingerprint density at radius 3 is 2.78 bits per heavy atom. The van der Waals surface area contributed by atoms with E-state index in [1.54, 1.807) is 37.7 Å². The van der Waals surface area contributed by atoms with Crippen molar-refractivity contribution < 1.29 is 18.7 Å². The Morgan fingerprint density at radius 1 is 1.22 bits per heavy atom. The standard InChI is InChI=1S/C20H18N2O4S/c1-24-13-7-8-14(18(11-13)25-2)15-12-16(19-6-4-10-27-19)22(21-15)20(23)17-5-3-9-26-17/h3-11,16H,12H2,1-2H3/t16-/m1/s1. The number of methoxy groups -OCH3 is 2. The van der Waals surface area contributed by atoms with Gasteiger partial charge in [0, 0.05) is 22.9 Å². The Hall–Kier alpha value is -3.06. The van der Waals surface area contributed by atoms with Gasteiger partial charge in [-0.2, -0.15) is 5.10 Å². The zero-order valence-electron chi connectivity index (χ0n) is 14.9. The van der Waals surface area contributed by atoms with Crippen LogP contribution in [-0.4, -0.2) is 30.8 Å². The molecule has 0 bridgehead atoms. The van der Waals surface area contributed by atoms with E-state index in [0.717, 1.165) is 16.2 Å².